The van der Waals surface area contributed by atoms with Crippen molar-refractivity contribution in [3.63, 3.8) is 0 Å². The van der Waals surface area contributed by atoms with Crippen LogP contribution in [0.4, 0.5) is 0 Å². The lowest BCUT2D eigenvalue weighted by atomic mass is 9.93. The van der Waals surface area contributed by atoms with Crippen molar-refractivity contribution in [2.24, 2.45) is 5.92 Å². The molecule has 27 heavy (non-hydrogen) atoms. The van der Waals surface area contributed by atoms with Crippen molar-refractivity contribution in [2.75, 3.05) is 13.1 Å². The second-order valence-corrected chi connectivity index (χ2v) is 7.50. The van der Waals surface area contributed by atoms with Crippen molar-refractivity contribution < 1.29 is 14.7 Å². The lowest BCUT2D eigenvalue weighted by molar-refractivity contribution is -0.139. The van der Waals surface area contributed by atoms with Crippen LogP contribution < -0.4 is 5.32 Å². The summed E-state index contributed by atoms with van der Waals surface area (Å²) in [6.07, 6.45) is 4.85. The summed E-state index contributed by atoms with van der Waals surface area (Å²) in [4.78, 5) is 26.5. The predicted octanol–water partition coefficient (Wildman–Crippen LogP) is 3.08. The number of amides is 2. The third kappa shape index (κ3) is 6.22. The van der Waals surface area contributed by atoms with E-state index in [4.69, 9.17) is 11.6 Å². The molecule has 1 atom stereocenters. The summed E-state index contributed by atoms with van der Waals surface area (Å²) in [6.45, 7) is 8.25. The summed E-state index contributed by atoms with van der Waals surface area (Å²) in [7, 11) is 0. The van der Waals surface area contributed by atoms with E-state index >= 15 is 0 Å². The fraction of sp³-hybridized carbons (Fsp3) is 0.429. The predicted molar refractivity (Wildman–Crippen MR) is 107 cm³/mol. The Hall–Kier alpha value is -2.11. The van der Waals surface area contributed by atoms with Crippen molar-refractivity contribution in [3.8, 4) is 0 Å². The van der Waals surface area contributed by atoms with Gasteiger partial charge in [0, 0.05) is 31.1 Å². The van der Waals surface area contributed by atoms with Gasteiger partial charge in [-0.05, 0) is 37.0 Å². The number of likely N-dealkylation sites (tertiary alicyclic amines) is 1. The Bertz CT molecular complexity index is 677. The van der Waals surface area contributed by atoms with E-state index in [2.05, 4.69) is 18.5 Å². The number of hydrogen-bond donors (Lipinski definition) is 2. The van der Waals surface area contributed by atoms with E-state index in [0.29, 0.717) is 43.8 Å². The first-order chi connectivity index (χ1) is 12.9. The highest BCUT2D eigenvalue weighted by molar-refractivity contribution is 6.30. The molecule has 0 spiro atoms. The minimum atomic E-state index is -1.08. The van der Waals surface area contributed by atoms with E-state index < -0.39 is 5.60 Å². The van der Waals surface area contributed by atoms with Crippen LogP contribution in [0.25, 0.3) is 0 Å². The lowest BCUT2D eigenvalue weighted by Gasteiger charge is -2.33. The Balaban J connectivity index is 1.94. The highest BCUT2D eigenvalue weighted by Gasteiger charge is 2.32. The van der Waals surface area contributed by atoms with Crippen molar-refractivity contribution in [2.45, 2.75) is 37.8 Å². The molecule has 2 rings (SSSR count). The quantitative estimate of drug-likeness (QED) is 0.636. The molecule has 1 aromatic carbocycles. The number of piperidine rings is 1. The number of aliphatic hydroxyl groups is 1. The number of benzene rings is 1. The minimum Gasteiger partial charge on any atom is -0.387 e. The monoisotopic (exact) mass is 390 g/mol. The van der Waals surface area contributed by atoms with Gasteiger partial charge in [-0.3, -0.25) is 9.59 Å². The molecule has 1 saturated heterocycles. The van der Waals surface area contributed by atoms with Crippen molar-refractivity contribution >= 4 is 23.4 Å². The van der Waals surface area contributed by atoms with Crippen LogP contribution >= 0.6 is 11.6 Å². The first kappa shape index (κ1) is 21.2. The Kier molecular flexibility index (Phi) is 7.63. The molecule has 0 saturated carbocycles. The Morgan fingerprint density at radius 1 is 1.30 bits per heavy atom. The standard InChI is InChI=1S/C21H27ClN2O3/c1-3-11-21(27,12-4-2)15-23-20(26)17-7-10-19(25)24(14-17)13-16-5-8-18(22)9-6-16/h3-6,8-9,17,27H,1-2,7,10-15H2,(H,23,26)/t17-/m0/s1. The van der Waals surface area contributed by atoms with Gasteiger partial charge in [-0.15, -0.1) is 13.2 Å². The third-order valence-electron chi connectivity index (χ3n) is 4.80. The van der Waals surface area contributed by atoms with Crippen molar-refractivity contribution in [3.05, 3.63) is 60.2 Å². The van der Waals surface area contributed by atoms with Crippen LogP contribution in [0.15, 0.2) is 49.6 Å². The molecule has 0 radical (unpaired) electrons. The molecular formula is C21H27ClN2O3. The zero-order valence-electron chi connectivity index (χ0n) is 15.5. The normalized spacial score (nSPS) is 17.5. The number of carbonyl (C=O) groups is 2. The largest absolute Gasteiger partial charge is 0.387 e. The number of nitrogens with one attached hydrogen (secondary N) is 1. The summed E-state index contributed by atoms with van der Waals surface area (Å²) >= 11 is 5.90. The Morgan fingerprint density at radius 3 is 2.52 bits per heavy atom. The van der Waals surface area contributed by atoms with Crippen LogP contribution in [0.3, 0.4) is 0 Å². The summed E-state index contributed by atoms with van der Waals surface area (Å²) in [5.41, 5.74) is -0.104. The van der Waals surface area contributed by atoms with Crippen LogP contribution in [-0.4, -0.2) is 40.5 Å². The zero-order chi connectivity index (χ0) is 19.9. The minimum absolute atomic E-state index is 0.0452. The van der Waals surface area contributed by atoms with Gasteiger partial charge in [-0.25, -0.2) is 0 Å². The van der Waals surface area contributed by atoms with Gasteiger partial charge in [0.1, 0.15) is 0 Å². The molecule has 1 aliphatic heterocycles. The van der Waals surface area contributed by atoms with Gasteiger partial charge in [0.15, 0.2) is 0 Å². The lowest BCUT2D eigenvalue weighted by Crippen LogP contribution is -2.49. The SMILES string of the molecule is C=CCC(O)(CC=C)CNC(=O)[C@H]1CCC(=O)N(Cc2ccc(Cl)cc2)C1. The molecule has 2 amide bonds. The van der Waals surface area contributed by atoms with Gasteiger partial charge in [0.05, 0.1) is 11.5 Å². The van der Waals surface area contributed by atoms with Crippen molar-refractivity contribution in [1.82, 2.24) is 10.2 Å². The number of nitrogens with zero attached hydrogens (tertiary/aromatic N) is 1. The average Bonchev–Trinajstić information content (AvgIpc) is 2.64. The topological polar surface area (TPSA) is 69.6 Å². The molecule has 0 aromatic heterocycles. The first-order valence-corrected chi connectivity index (χ1v) is 9.49. The van der Waals surface area contributed by atoms with Gasteiger partial charge in [0.25, 0.3) is 0 Å². The first-order valence-electron chi connectivity index (χ1n) is 9.11. The van der Waals surface area contributed by atoms with E-state index in [9.17, 15) is 14.7 Å². The van der Waals surface area contributed by atoms with Crippen LogP contribution in [0.2, 0.25) is 5.02 Å². The fourth-order valence-electron chi connectivity index (χ4n) is 3.25. The molecule has 1 heterocycles. The second-order valence-electron chi connectivity index (χ2n) is 7.06. The van der Waals surface area contributed by atoms with E-state index in [1.807, 2.05) is 12.1 Å². The summed E-state index contributed by atoms with van der Waals surface area (Å²) in [6, 6.07) is 7.33. The fourth-order valence-corrected chi connectivity index (χ4v) is 3.38. The molecule has 1 fully saturated rings. The molecule has 2 N–H and O–H groups in total. The maximum atomic E-state index is 12.6. The van der Waals surface area contributed by atoms with Gasteiger partial charge in [-0.1, -0.05) is 35.9 Å². The molecule has 1 aliphatic rings. The van der Waals surface area contributed by atoms with Crippen LogP contribution in [0.1, 0.15) is 31.2 Å². The van der Waals surface area contributed by atoms with Gasteiger partial charge >= 0.3 is 0 Å². The number of hydrogen-bond acceptors (Lipinski definition) is 3. The van der Waals surface area contributed by atoms with Crippen LogP contribution in [-0.2, 0) is 16.1 Å². The maximum absolute atomic E-state index is 12.6. The van der Waals surface area contributed by atoms with Gasteiger partial charge in [-0.2, -0.15) is 0 Å². The third-order valence-corrected chi connectivity index (χ3v) is 5.05. The van der Waals surface area contributed by atoms with Crippen LogP contribution in [0.5, 0.6) is 0 Å². The Morgan fingerprint density at radius 2 is 1.93 bits per heavy atom. The average molecular weight is 391 g/mol. The molecule has 0 bridgehead atoms. The highest BCUT2D eigenvalue weighted by atomic mass is 35.5. The summed E-state index contributed by atoms with van der Waals surface area (Å²) in [5.74, 6) is -0.384. The number of carbonyl (C=O) groups excluding carboxylic acids is 2. The highest BCUT2D eigenvalue weighted by Crippen LogP contribution is 2.22. The van der Waals surface area contributed by atoms with Crippen molar-refractivity contribution in [1.29, 1.82) is 0 Å². The van der Waals surface area contributed by atoms with E-state index in [0.717, 1.165) is 5.56 Å². The molecule has 5 nitrogen and oxygen atoms in total. The molecule has 1 aromatic rings. The molecule has 146 valence electrons. The number of halogens is 1. The second kappa shape index (κ2) is 9.72. The van der Waals surface area contributed by atoms with Gasteiger partial charge < -0.3 is 15.3 Å². The van der Waals surface area contributed by atoms with E-state index in [-0.39, 0.29) is 24.3 Å². The van der Waals surface area contributed by atoms with Gasteiger partial charge in [0.2, 0.25) is 11.8 Å². The molecule has 6 heteroatoms. The smallest absolute Gasteiger partial charge is 0.225 e. The van der Waals surface area contributed by atoms with E-state index in [1.54, 1.807) is 29.2 Å². The molecule has 0 aliphatic carbocycles. The zero-order valence-corrected chi connectivity index (χ0v) is 16.3. The summed E-state index contributed by atoms with van der Waals surface area (Å²) < 4.78 is 0. The Labute approximate surface area is 165 Å². The van der Waals surface area contributed by atoms with E-state index in [1.165, 1.54) is 0 Å². The molecular weight excluding hydrogens is 364 g/mol. The maximum Gasteiger partial charge on any atom is 0.225 e. The number of rotatable bonds is 9. The molecule has 0 unspecified atom stereocenters. The van der Waals surface area contributed by atoms with Crippen LogP contribution in [0, 0.1) is 5.92 Å². The summed E-state index contributed by atoms with van der Waals surface area (Å²) in [5, 5.41) is 14.0.